The third-order valence-electron chi connectivity index (χ3n) is 6.27. The van der Waals surface area contributed by atoms with Crippen molar-refractivity contribution in [1.29, 1.82) is 0 Å². The quantitative estimate of drug-likeness (QED) is 0.667. The highest BCUT2D eigenvalue weighted by molar-refractivity contribution is 7.89. The second kappa shape index (κ2) is 8.79. The fraction of sp³-hybridized carbons (Fsp3) is 0.417. The Balaban J connectivity index is 1.59. The van der Waals surface area contributed by atoms with E-state index in [-0.39, 0.29) is 35.8 Å². The lowest BCUT2D eigenvalue weighted by atomic mass is 9.95. The van der Waals surface area contributed by atoms with Crippen LogP contribution in [0.2, 0.25) is 0 Å². The van der Waals surface area contributed by atoms with Crippen molar-refractivity contribution in [2.75, 3.05) is 20.2 Å². The van der Waals surface area contributed by atoms with Crippen LogP contribution in [0.1, 0.15) is 30.9 Å². The number of benzene rings is 2. The third-order valence-corrected chi connectivity index (χ3v) is 8.07. The largest absolute Gasteiger partial charge is 0.497 e. The maximum Gasteiger partial charge on any atom is 0.247 e. The number of nitrogens with zero attached hydrogens (tertiary/aromatic N) is 2. The molecule has 0 spiro atoms. The smallest absolute Gasteiger partial charge is 0.247 e. The van der Waals surface area contributed by atoms with Gasteiger partial charge in [0.1, 0.15) is 11.3 Å². The number of carbonyl (C=O) groups excluding carboxylic acids is 2. The fourth-order valence-corrected chi connectivity index (χ4v) is 5.72. The van der Waals surface area contributed by atoms with E-state index in [4.69, 9.17) is 4.74 Å². The predicted octanol–water partition coefficient (Wildman–Crippen LogP) is 2.07. The van der Waals surface area contributed by atoms with E-state index in [9.17, 15) is 18.0 Å². The zero-order valence-electron chi connectivity index (χ0n) is 19.1. The van der Waals surface area contributed by atoms with Crippen molar-refractivity contribution in [3.63, 3.8) is 0 Å². The van der Waals surface area contributed by atoms with Crippen LogP contribution in [-0.2, 0) is 26.2 Å². The molecule has 0 unspecified atom stereocenters. The molecule has 1 N–H and O–H groups in total. The molecule has 2 fully saturated rings. The Morgan fingerprint density at radius 1 is 1.12 bits per heavy atom. The first-order valence-electron chi connectivity index (χ1n) is 11.0. The number of methoxy groups -OCH3 is 1. The average molecular weight is 472 g/mol. The van der Waals surface area contributed by atoms with Gasteiger partial charge in [-0.2, -0.15) is 4.31 Å². The molecule has 0 aromatic heterocycles. The van der Waals surface area contributed by atoms with E-state index in [0.717, 1.165) is 28.3 Å². The fourth-order valence-electron chi connectivity index (χ4n) is 4.24. The van der Waals surface area contributed by atoms with Crippen molar-refractivity contribution in [2.24, 2.45) is 0 Å². The Hall–Kier alpha value is -2.91. The highest BCUT2D eigenvalue weighted by Crippen LogP contribution is 2.37. The molecule has 176 valence electrons. The first-order chi connectivity index (χ1) is 15.6. The highest BCUT2D eigenvalue weighted by atomic mass is 32.2. The molecule has 0 bridgehead atoms. The van der Waals surface area contributed by atoms with E-state index in [1.165, 1.54) is 19.2 Å². The maximum absolute atomic E-state index is 13.4. The van der Waals surface area contributed by atoms with Gasteiger partial charge in [0.25, 0.3) is 0 Å². The molecule has 1 atom stereocenters. The van der Waals surface area contributed by atoms with Gasteiger partial charge in [0, 0.05) is 19.1 Å². The van der Waals surface area contributed by atoms with Crippen molar-refractivity contribution >= 4 is 21.8 Å². The predicted molar refractivity (Wildman–Crippen MR) is 123 cm³/mol. The van der Waals surface area contributed by atoms with Crippen molar-refractivity contribution in [3.05, 3.63) is 59.7 Å². The molecule has 1 aliphatic heterocycles. The van der Waals surface area contributed by atoms with Crippen LogP contribution < -0.4 is 10.1 Å². The van der Waals surface area contributed by atoms with Gasteiger partial charge in [0.15, 0.2) is 0 Å². The summed E-state index contributed by atoms with van der Waals surface area (Å²) in [5.41, 5.74) is 0.746. The Kier molecular flexibility index (Phi) is 6.20. The lowest BCUT2D eigenvalue weighted by Crippen LogP contribution is -2.70. The minimum absolute atomic E-state index is 0.0292. The van der Waals surface area contributed by atoms with Crippen LogP contribution >= 0.6 is 0 Å². The van der Waals surface area contributed by atoms with Crippen molar-refractivity contribution in [2.45, 2.75) is 49.7 Å². The third kappa shape index (κ3) is 4.60. The van der Waals surface area contributed by atoms with Crippen LogP contribution in [0.4, 0.5) is 0 Å². The summed E-state index contributed by atoms with van der Waals surface area (Å²) in [7, 11) is -2.47. The molecular weight excluding hydrogens is 442 g/mol. The first kappa shape index (κ1) is 23.3. The Labute approximate surface area is 194 Å². The topological polar surface area (TPSA) is 96.0 Å². The minimum atomic E-state index is -3.97. The van der Waals surface area contributed by atoms with E-state index in [2.05, 4.69) is 5.32 Å². The summed E-state index contributed by atoms with van der Waals surface area (Å²) in [4.78, 5) is 28.2. The number of hydrogen-bond acceptors (Lipinski definition) is 5. The molecule has 2 aromatic rings. The zero-order chi connectivity index (χ0) is 23.8. The van der Waals surface area contributed by atoms with E-state index in [0.29, 0.717) is 12.3 Å². The molecule has 1 saturated heterocycles. The average Bonchev–Trinajstić information content (AvgIpc) is 3.63. The van der Waals surface area contributed by atoms with Crippen LogP contribution in [0, 0.1) is 6.92 Å². The number of hydrogen-bond donors (Lipinski definition) is 1. The van der Waals surface area contributed by atoms with Crippen LogP contribution in [0.5, 0.6) is 5.75 Å². The van der Waals surface area contributed by atoms with Crippen LogP contribution in [0.3, 0.4) is 0 Å². The lowest BCUT2D eigenvalue weighted by Gasteiger charge is -2.47. The summed E-state index contributed by atoms with van der Waals surface area (Å²) in [6.45, 7) is 3.55. The number of sulfonamides is 1. The maximum atomic E-state index is 13.4. The van der Waals surface area contributed by atoms with E-state index < -0.39 is 15.6 Å². The molecule has 9 heteroatoms. The van der Waals surface area contributed by atoms with E-state index in [1.54, 1.807) is 24.0 Å². The standard InChI is InChI=1S/C24H29N3O5S/c1-17-4-6-18(7-5-17)14-25-23(29)24(2)16-26(15-22(28)27(24)19-8-9-19)33(30,31)21-12-10-20(32-3)11-13-21/h4-7,10-13,19H,8-9,14-16H2,1-3H3,(H,25,29)/t24-/m1/s1. The van der Waals surface area contributed by atoms with Crippen LogP contribution in [-0.4, -0.2) is 61.2 Å². The summed E-state index contributed by atoms with van der Waals surface area (Å²) >= 11 is 0. The first-order valence-corrected chi connectivity index (χ1v) is 12.4. The molecule has 1 heterocycles. The molecule has 1 aliphatic carbocycles. The monoisotopic (exact) mass is 471 g/mol. The van der Waals surface area contributed by atoms with Gasteiger partial charge in [-0.25, -0.2) is 8.42 Å². The Morgan fingerprint density at radius 3 is 2.33 bits per heavy atom. The number of aryl methyl sites for hydroxylation is 1. The second-order valence-electron chi connectivity index (χ2n) is 8.89. The number of piperazine rings is 1. The number of rotatable bonds is 7. The van der Waals surface area contributed by atoms with Crippen LogP contribution in [0.15, 0.2) is 53.4 Å². The lowest BCUT2D eigenvalue weighted by molar-refractivity contribution is -0.153. The summed E-state index contributed by atoms with van der Waals surface area (Å²) < 4.78 is 32.9. The van der Waals surface area contributed by atoms with Gasteiger partial charge in [0.05, 0.1) is 18.6 Å². The Bertz CT molecular complexity index is 1140. The number of carbonyl (C=O) groups is 2. The van der Waals surface area contributed by atoms with Crippen molar-refractivity contribution < 1.29 is 22.7 Å². The van der Waals surface area contributed by atoms with Gasteiger partial charge < -0.3 is 15.0 Å². The zero-order valence-corrected chi connectivity index (χ0v) is 19.9. The molecular formula is C24H29N3O5S. The Morgan fingerprint density at radius 2 is 1.76 bits per heavy atom. The van der Waals surface area contributed by atoms with E-state index >= 15 is 0 Å². The summed E-state index contributed by atoms with van der Waals surface area (Å²) in [6.07, 6.45) is 1.63. The second-order valence-corrected chi connectivity index (χ2v) is 10.8. The number of amides is 2. The normalized spacial score (nSPS) is 21.7. The SMILES string of the molecule is COc1ccc(S(=O)(=O)N2CC(=O)N(C3CC3)[C@@](C)(C(=O)NCc3ccc(C)cc3)C2)cc1. The molecule has 4 rings (SSSR count). The van der Waals surface area contributed by atoms with Gasteiger partial charge in [0.2, 0.25) is 21.8 Å². The van der Waals surface area contributed by atoms with Crippen molar-refractivity contribution in [3.8, 4) is 5.75 Å². The molecule has 1 saturated carbocycles. The van der Waals surface area contributed by atoms with Gasteiger partial charge in [-0.05, 0) is 56.5 Å². The molecule has 0 radical (unpaired) electrons. The van der Waals surface area contributed by atoms with E-state index in [1.807, 2.05) is 31.2 Å². The summed E-state index contributed by atoms with van der Waals surface area (Å²) in [5, 5.41) is 2.92. The van der Waals surface area contributed by atoms with Gasteiger partial charge in [-0.1, -0.05) is 29.8 Å². The van der Waals surface area contributed by atoms with Gasteiger partial charge in [-0.15, -0.1) is 0 Å². The summed E-state index contributed by atoms with van der Waals surface area (Å²) in [5.74, 6) is -0.185. The molecule has 2 aliphatic rings. The molecule has 2 amide bonds. The highest BCUT2D eigenvalue weighted by Gasteiger charge is 2.54. The number of ether oxygens (including phenoxy) is 1. The van der Waals surface area contributed by atoms with Gasteiger partial charge in [-0.3, -0.25) is 9.59 Å². The van der Waals surface area contributed by atoms with Gasteiger partial charge >= 0.3 is 0 Å². The summed E-state index contributed by atoms with van der Waals surface area (Å²) in [6, 6.07) is 13.8. The van der Waals surface area contributed by atoms with Crippen LogP contribution in [0.25, 0.3) is 0 Å². The molecule has 8 nitrogen and oxygen atoms in total. The minimum Gasteiger partial charge on any atom is -0.497 e. The molecule has 2 aromatic carbocycles. The molecule has 33 heavy (non-hydrogen) atoms. The number of nitrogens with one attached hydrogen (secondary N) is 1. The van der Waals surface area contributed by atoms with Crippen molar-refractivity contribution in [1.82, 2.24) is 14.5 Å².